The normalized spacial score (nSPS) is 15.2. The first-order valence-electron chi connectivity index (χ1n) is 6.81. The van der Waals surface area contributed by atoms with Gasteiger partial charge >= 0.3 is 0 Å². The van der Waals surface area contributed by atoms with Crippen molar-refractivity contribution in [2.75, 3.05) is 11.4 Å². The maximum Gasteiger partial charge on any atom is 0.159 e. The molecule has 4 rings (SSSR count). The molecule has 3 aromatic rings. The van der Waals surface area contributed by atoms with Crippen LogP contribution in [0.15, 0.2) is 52.8 Å². The van der Waals surface area contributed by atoms with Crippen LogP contribution in [0.3, 0.4) is 0 Å². The zero-order chi connectivity index (χ0) is 13.7. The highest BCUT2D eigenvalue weighted by Crippen LogP contribution is 2.40. The van der Waals surface area contributed by atoms with Gasteiger partial charge in [0.05, 0.1) is 5.69 Å². The highest BCUT2D eigenvalue weighted by atomic mass is 16.3. The minimum Gasteiger partial charge on any atom is -0.511 e. The van der Waals surface area contributed by atoms with Crippen LogP contribution < -0.4 is 4.90 Å². The number of nitrogens with zero attached hydrogens (tertiary/aromatic N) is 1. The average Bonchev–Trinajstić information content (AvgIpc) is 2.99. The molecule has 0 amide bonds. The number of allylic oxidation sites excluding steroid dienone is 1. The lowest BCUT2D eigenvalue weighted by Gasteiger charge is -2.14. The molecule has 1 aromatic heterocycles. The topological polar surface area (TPSA) is 36.6 Å². The van der Waals surface area contributed by atoms with Crippen LogP contribution in [0.5, 0.6) is 0 Å². The predicted octanol–water partition coefficient (Wildman–Crippen LogP) is 4.37. The van der Waals surface area contributed by atoms with Gasteiger partial charge in [0, 0.05) is 23.5 Å². The maximum atomic E-state index is 9.54. The molecule has 2 heterocycles. The second kappa shape index (κ2) is 4.04. The molecule has 1 aliphatic heterocycles. The number of para-hydroxylation sites is 1. The van der Waals surface area contributed by atoms with E-state index in [9.17, 15) is 5.11 Å². The first kappa shape index (κ1) is 11.4. The number of anilines is 1. The van der Waals surface area contributed by atoms with E-state index in [0.717, 1.165) is 40.6 Å². The molecule has 0 saturated heterocycles. The van der Waals surface area contributed by atoms with Crippen LogP contribution in [-0.2, 0) is 6.42 Å². The van der Waals surface area contributed by atoms with E-state index in [1.54, 1.807) is 13.1 Å². The first-order valence-corrected chi connectivity index (χ1v) is 6.81. The van der Waals surface area contributed by atoms with Crippen molar-refractivity contribution in [2.45, 2.75) is 13.3 Å². The Bertz CT molecular complexity index is 841. The van der Waals surface area contributed by atoms with Crippen LogP contribution in [-0.4, -0.2) is 11.7 Å². The number of furan rings is 1. The van der Waals surface area contributed by atoms with Gasteiger partial charge < -0.3 is 14.4 Å². The smallest absolute Gasteiger partial charge is 0.159 e. The third-order valence-electron chi connectivity index (χ3n) is 3.86. The van der Waals surface area contributed by atoms with Gasteiger partial charge in [-0.15, -0.1) is 0 Å². The number of aliphatic hydroxyl groups excluding tert-OH is 1. The largest absolute Gasteiger partial charge is 0.511 e. The van der Waals surface area contributed by atoms with Crippen LogP contribution in [0.25, 0.3) is 21.9 Å². The summed E-state index contributed by atoms with van der Waals surface area (Å²) >= 11 is 0. The monoisotopic (exact) mass is 265 g/mol. The molecule has 0 bridgehead atoms. The quantitative estimate of drug-likeness (QED) is 0.664. The fourth-order valence-electron chi connectivity index (χ4n) is 3.04. The van der Waals surface area contributed by atoms with Crippen molar-refractivity contribution in [1.82, 2.24) is 0 Å². The third-order valence-corrected chi connectivity index (χ3v) is 3.86. The predicted molar refractivity (Wildman–Crippen MR) is 81.2 cm³/mol. The molecule has 3 nitrogen and oxygen atoms in total. The Labute approximate surface area is 116 Å². The Kier molecular flexibility index (Phi) is 2.30. The van der Waals surface area contributed by atoms with Gasteiger partial charge in [-0.1, -0.05) is 30.3 Å². The van der Waals surface area contributed by atoms with E-state index in [2.05, 4.69) is 23.1 Å². The lowest BCUT2D eigenvalue weighted by molar-refractivity contribution is 0.411. The molecule has 3 heteroatoms. The molecule has 0 fully saturated rings. The van der Waals surface area contributed by atoms with Gasteiger partial charge in [0.15, 0.2) is 5.58 Å². The summed E-state index contributed by atoms with van der Waals surface area (Å²) < 4.78 is 6.05. The zero-order valence-electron chi connectivity index (χ0n) is 11.3. The Balaban J connectivity index is 2.06. The molecule has 0 unspecified atom stereocenters. The van der Waals surface area contributed by atoms with Gasteiger partial charge in [0.1, 0.15) is 11.3 Å². The van der Waals surface area contributed by atoms with Crippen molar-refractivity contribution >= 4 is 27.6 Å². The van der Waals surface area contributed by atoms with E-state index >= 15 is 0 Å². The van der Waals surface area contributed by atoms with Crippen molar-refractivity contribution in [3.05, 3.63) is 53.9 Å². The molecular weight excluding hydrogens is 250 g/mol. The van der Waals surface area contributed by atoms with Crippen molar-refractivity contribution in [1.29, 1.82) is 0 Å². The highest BCUT2D eigenvalue weighted by molar-refractivity contribution is 6.10. The molecule has 2 aromatic carbocycles. The van der Waals surface area contributed by atoms with Gasteiger partial charge in [-0.05, 0) is 25.0 Å². The van der Waals surface area contributed by atoms with E-state index in [-0.39, 0.29) is 0 Å². The summed E-state index contributed by atoms with van der Waals surface area (Å²) in [5, 5.41) is 11.8. The molecule has 20 heavy (non-hydrogen) atoms. The number of aliphatic hydroxyl groups is 1. The number of hydrogen-bond donors (Lipinski definition) is 1. The fraction of sp³-hybridized carbons (Fsp3) is 0.176. The SMILES string of the molecule is C/C(O)=C/N1CCc2ccc3c(oc4ccccc43)c21. The van der Waals surface area contributed by atoms with Crippen molar-refractivity contribution in [3.8, 4) is 0 Å². The molecule has 100 valence electrons. The summed E-state index contributed by atoms with van der Waals surface area (Å²) in [7, 11) is 0. The van der Waals surface area contributed by atoms with Crippen molar-refractivity contribution in [2.24, 2.45) is 0 Å². The van der Waals surface area contributed by atoms with Gasteiger partial charge in [0.25, 0.3) is 0 Å². The van der Waals surface area contributed by atoms with Gasteiger partial charge in [-0.2, -0.15) is 0 Å². The summed E-state index contributed by atoms with van der Waals surface area (Å²) in [5.41, 5.74) is 4.19. The molecule has 0 atom stereocenters. The number of rotatable bonds is 1. The third kappa shape index (κ3) is 1.53. The number of fused-ring (bicyclic) bond motifs is 5. The summed E-state index contributed by atoms with van der Waals surface area (Å²) in [6.45, 7) is 2.57. The second-order valence-electron chi connectivity index (χ2n) is 5.26. The molecule has 0 aliphatic carbocycles. The van der Waals surface area contributed by atoms with Crippen LogP contribution in [0, 0.1) is 0 Å². The number of benzene rings is 2. The Hall–Kier alpha value is -2.42. The van der Waals surface area contributed by atoms with E-state index < -0.39 is 0 Å². The zero-order valence-corrected chi connectivity index (χ0v) is 11.3. The minimum absolute atomic E-state index is 0.311. The fourth-order valence-corrected chi connectivity index (χ4v) is 3.04. The lowest BCUT2D eigenvalue weighted by Crippen LogP contribution is -2.12. The summed E-state index contributed by atoms with van der Waals surface area (Å²) in [6.07, 6.45) is 2.75. The van der Waals surface area contributed by atoms with Crippen molar-refractivity contribution < 1.29 is 9.52 Å². The maximum absolute atomic E-state index is 9.54. The van der Waals surface area contributed by atoms with E-state index in [1.807, 2.05) is 18.2 Å². The first-order chi connectivity index (χ1) is 9.74. The van der Waals surface area contributed by atoms with Crippen LogP contribution in [0.1, 0.15) is 12.5 Å². The Morgan fingerprint density at radius 1 is 1.20 bits per heavy atom. The van der Waals surface area contributed by atoms with E-state index in [0.29, 0.717) is 5.76 Å². The Morgan fingerprint density at radius 2 is 2.05 bits per heavy atom. The van der Waals surface area contributed by atoms with Crippen LogP contribution in [0.4, 0.5) is 5.69 Å². The molecule has 0 saturated carbocycles. The lowest BCUT2D eigenvalue weighted by atomic mass is 10.1. The summed E-state index contributed by atoms with van der Waals surface area (Å²) in [6, 6.07) is 12.4. The van der Waals surface area contributed by atoms with Crippen LogP contribution >= 0.6 is 0 Å². The van der Waals surface area contributed by atoms with Crippen molar-refractivity contribution in [3.63, 3.8) is 0 Å². The molecular formula is C17H15NO2. The van der Waals surface area contributed by atoms with Gasteiger partial charge in [-0.3, -0.25) is 0 Å². The summed E-state index contributed by atoms with van der Waals surface area (Å²) in [5.74, 6) is 0.311. The van der Waals surface area contributed by atoms with E-state index in [4.69, 9.17) is 4.42 Å². The molecule has 0 radical (unpaired) electrons. The molecule has 1 aliphatic rings. The van der Waals surface area contributed by atoms with Gasteiger partial charge in [0.2, 0.25) is 0 Å². The van der Waals surface area contributed by atoms with Gasteiger partial charge in [-0.25, -0.2) is 0 Å². The van der Waals surface area contributed by atoms with E-state index in [1.165, 1.54) is 5.56 Å². The minimum atomic E-state index is 0.311. The summed E-state index contributed by atoms with van der Waals surface area (Å²) in [4.78, 5) is 2.08. The highest BCUT2D eigenvalue weighted by Gasteiger charge is 2.23. The standard InChI is InChI=1S/C17H15NO2/c1-11(19)10-18-9-8-12-6-7-14-13-4-2-3-5-15(13)20-17(14)16(12)18/h2-7,10,19H,8-9H2,1H3/b11-10-. The average molecular weight is 265 g/mol. The molecule has 1 N–H and O–H groups in total. The second-order valence-corrected chi connectivity index (χ2v) is 5.26. The Morgan fingerprint density at radius 3 is 2.90 bits per heavy atom. The molecule has 0 spiro atoms. The van der Waals surface area contributed by atoms with Crippen LogP contribution in [0.2, 0.25) is 0 Å². The number of hydrogen-bond acceptors (Lipinski definition) is 3.